The SMILES string of the molecule is COC(=O)C1=CC(NC(=O)OC(C)(C)C)C=CC1. The van der Waals surface area contributed by atoms with Crippen LogP contribution in [0, 0.1) is 0 Å². The molecule has 0 saturated heterocycles. The van der Waals surface area contributed by atoms with E-state index in [1.807, 2.05) is 6.08 Å². The molecule has 0 radical (unpaired) electrons. The molecule has 100 valence electrons. The van der Waals surface area contributed by atoms with Crippen LogP contribution in [0.3, 0.4) is 0 Å². The zero-order valence-electron chi connectivity index (χ0n) is 11.1. The number of alkyl carbamates (subject to hydrolysis) is 1. The van der Waals surface area contributed by atoms with Crippen LogP contribution >= 0.6 is 0 Å². The lowest BCUT2D eigenvalue weighted by atomic mass is 10.0. The maximum Gasteiger partial charge on any atom is 0.408 e. The van der Waals surface area contributed by atoms with E-state index in [-0.39, 0.29) is 12.0 Å². The Morgan fingerprint density at radius 1 is 1.39 bits per heavy atom. The second-order valence-electron chi connectivity index (χ2n) is 4.99. The van der Waals surface area contributed by atoms with Gasteiger partial charge in [0.25, 0.3) is 0 Å². The summed E-state index contributed by atoms with van der Waals surface area (Å²) in [5.41, 5.74) is -0.0155. The Hall–Kier alpha value is -1.78. The summed E-state index contributed by atoms with van der Waals surface area (Å²) >= 11 is 0. The first kappa shape index (κ1) is 14.3. The molecule has 1 N–H and O–H groups in total. The topological polar surface area (TPSA) is 64.6 Å². The molecule has 0 aliphatic heterocycles. The minimum atomic E-state index is -0.544. The predicted molar refractivity (Wildman–Crippen MR) is 67.0 cm³/mol. The average Bonchev–Trinajstić information content (AvgIpc) is 2.25. The maximum absolute atomic E-state index is 11.6. The zero-order chi connectivity index (χ0) is 13.8. The number of hydrogen-bond acceptors (Lipinski definition) is 4. The summed E-state index contributed by atoms with van der Waals surface area (Å²) in [6.07, 6.45) is 5.28. The van der Waals surface area contributed by atoms with E-state index in [4.69, 9.17) is 4.74 Å². The van der Waals surface area contributed by atoms with Crippen molar-refractivity contribution in [3.63, 3.8) is 0 Å². The van der Waals surface area contributed by atoms with Crippen LogP contribution in [0.2, 0.25) is 0 Å². The Labute approximate surface area is 107 Å². The van der Waals surface area contributed by atoms with Gasteiger partial charge in [0, 0.05) is 5.57 Å². The summed E-state index contributed by atoms with van der Waals surface area (Å²) in [6, 6.07) is -0.345. The van der Waals surface area contributed by atoms with Crippen LogP contribution in [0.25, 0.3) is 0 Å². The molecule has 0 fully saturated rings. The van der Waals surface area contributed by atoms with Gasteiger partial charge in [0.2, 0.25) is 0 Å². The fourth-order valence-corrected chi connectivity index (χ4v) is 1.50. The highest BCUT2D eigenvalue weighted by molar-refractivity contribution is 5.89. The molecular formula is C13H19NO4. The molecule has 1 aliphatic rings. The third kappa shape index (κ3) is 4.61. The number of esters is 1. The van der Waals surface area contributed by atoms with Gasteiger partial charge in [-0.05, 0) is 33.3 Å². The molecule has 0 aromatic carbocycles. The lowest BCUT2D eigenvalue weighted by Gasteiger charge is -2.22. The molecule has 5 nitrogen and oxygen atoms in total. The van der Waals surface area contributed by atoms with Gasteiger partial charge in [-0.3, -0.25) is 0 Å². The minimum Gasteiger partial charge on any atom is -0.466 e. The van der Waals surface area contributed by atoms with Crippen molar-refractivity contribution >= 4 is 12.1 Å². The van der Waals surface area contributed by atoms with Crippen LogP contribution in [-0.2, 0) is 14.3 Å². The number of ether oxygens (including phenoxy) is 2. The lowest BCUT2D eigenvalue weighted by molar-refractivity contribution is -0.136. The number of rotatable bonds is 2. The summed E-state index contributed by atoms with van der Waals surface area (Å²) in [6.45, 7) is 5.37. The van der Waals surface area contributed by atoms with Crippen molar-refractivity contribution in [1.82, 2.24) is 5.32 Å². The van der Waals surface area contributed by atoms with Gasteiger partial charge in [-0.25, -0.2) is 9.59 Å². The molecule has 1 amide bonds. The molecule has 0 bridgehead atoms. The first-order valence-corrected chi connectivity index (χ1v) is 5.77. The van der Waals surface area contributed by atoms with Crippen molar-refractivity contribution in [1.29, 1.82) is 0 Å². The highest BCUT2D eigenvalue weighted by Crippen LogP contribution is 2.14. The third-order valence-corrected chi connectivity index (χ3v) is 2.19. The van der Waals surface area contributed by atoms with E-state index in [1.165, 1.54) is 7.11 Å². The van der Waals surface area contributed by atoms with Crippen molar-refractivity contribution < 1.29 is 19.1 Å². The second kappa shape index (κ2) is 5.71. The van der Waals surface area contributed by atoms with E-state index in [9.17, 15) is 9.59 Å². The Morgan fingerprint density at radius 3 is 2.61 bits per heavy atom. The van der Waals surface area contributed by atoms with E-state index >= 15 is 0 Å². The zero-order valence-corrected chi connectivity index (χ0v) is 11.1. The van der Waals surface area contributed by atoms with Gasteiger partial charge in [-0.15, -0.1) is 0 Å². The number of carbonyl (C=O) groups excluding carboxylic acids is 2. The number of allylic oxidation sites excluding steroid dienone is 1. The van der Waals surface area contributed by atoms with Crippen LogP contribution in [0.15, 0.2) is 23.8 Å². The fourth-order valence-electron chi connectivity index (χ4n) is 1.50. The van der Waals surface area contributed by atoms with Gasteiger partial charge in [-0.1, -0.05) is 12.2 Å². The van der Waals surface area contributed by atoms with Gasteiger partial charge < -0.3 is 14.8 Å². The highest BCUT2D eigenvalue weighted by Gasteiger charge is 2.20. The number of carbonyl (C=O) groups is 2. The Kier molecular flexibility index (Phi) is 4.53. The maximum atomic E-state index is 11.6. The Bertz CT molecular complexity index is 390. The third-order valence-electron chi connectivity index (χ3n) is 2.19. The van der Waals surface area contributed by atoms with Crippen molar-refractivity contribution in [2.45, 2.75) is 38.8 Å². The molecule has 0 saturated carbocycles. The van der Waals surface area contributed by atoms with Crippen LogP contribution in [-0.4, -0.2) is 30.8 Å². The molecule has 1 atom stereocenters. The standard InChI is InChI=1S/C13H19NO4/c1-13(2,3)18-12(16)14-10-7-5-6-9(8-10)11(15)17-4/h5,7-8,10H,6H2,1-4H3,(H,14,16). The molecule has 0 aromatic heterocycles. The average molecular weight is 253 g/mol. The van der Waals surface area contributed by atoms with Crippen LogP contribution < -0.4 is 5.32 Å². The summed E-state index contributed by atoms with van der Waals surface area (Å²) in [4.78, 5) is 22.9. The van der Waals surface area contributed by atoms with E-state index < -0.39 is 11.7 Å². The predicted octanol–water partition coefficient (Wildman–Crippen LogP) is 1.94. The number of nitrogens with one attached hydrogen (secondary N) is 1. The number of hydrogen-bond donors (Lipinski definition) is 1. The second-order valence-corrected chi connectivity index (χ2v) is 4.99. The van der Waals surface area contributed by atoms with Crippen molar-refractivity contribution in [2.75, 3.05) is 7.11 Å². The minimum absolute atomic E-state index is 0.345. The van der Waals surface area contributed by atoms with Crippen LogP contribution in [0.4, 0.5) is 4.79 Å². The highest BCUT2D eigenvalue weighted by atomic mass is 16.6. The quantitative estimate of drug-likeness (QED) is 0.603. The summed E-state index contributed by atoms with van der Waals surface area (Å²) in [5, 5.41) is 2.65. The van der Waals surface area contributed by atoms with Gasteiger partial charge >= 0.3 is 12.1 Å². The fraction of sp³-hybridized carbons (Fsp3) is 0.538. The molecule has 1 aliphatic carbocycles. The van der Waals surface area contributed by atoms with Crippen molar-refractivity contribution in [2.24, 2.45) is 0 Å². The number of methoxy groups -OCH3 is 1. The summed E-state index contributed by atoms with van der Waals surface area (Å²) < 4.78 is 9.77. The molecular weight excluding hydrogens is 234 g/mol. The van der Waals surface area contributed by atoms with E-state index in [2.05, 4.69) is 10.1 Å². The molecule has 0 spiro atoms. The molecule has 0 heterocycles. The summed E-state index contributed by atoms with van der Waals surface area (Å²) in [7, 11) is 1.33. The van der Waals surface area contributed by atoms with Gasteiger partial charge in [0.05, 0.1) is 13.2 Å². The first-order valence-electron chi connectivity index (χ1n) is 5.77. The Balaban J connectivity index is 2.60. The van der Waals surface area contributed by atoms with E-state index in [0.29, 0.717) is 12.0 Å². The normalized spacial score (nSPS) is 18.9. The Morgan fingerprint density at radius 2 is 2.06 bits per heavy atom. The largest absolute Gasteiger partial charge is 0.466 e. The van der Waals surface area contributed by atoms with Gasteiger partial charge in [-0.2, -0.15) is 0 Å². The molecule has 0 aromatic rings. The number of amides is 1. The summed E-state index contributed by atoms with van der Waals surface area (Å²) in [5.74, 6) is -0.379. The van der Waals surface area contributed by atoms with Crippen molar-refractivity contribution in [3.05, 3.63) is 23.8 Å². The van der Waals surface area contributed by atoms with Crippen molar-refractivity contribution in [3.8, 4) is 0 Å². The molecule has 1 rings (SSSR count). The van der Waals surface area contributed by atoms with E-state index in [0.717, 1.165) is 0 Å². The smallest absolute Gasteiger partial charge is 0.408 e. The van der Waals surface area contributed by atoms with Crippen LogP contribution in [0.1, 0.15) is 27.2 Å². The van der Waals surface area contributed by atoms with E-state index in [1.54, 1.807) is 32.9 Å². The molecule has 18 heavy (non-hydrogen) atoms. The monoisotopic (exact) mass is 253 g/mol. The van der Waals surface area contributed by atoms with Gasteiger partial charge in [0.15, 0.2) is 0 Å². The first-order chi connectivity index (χ1) is 8.31. The molecule has 1 unspecified atom stereocenters. The molecule has 5 heteroatoms. The lowest BCUT2D eigenvalue weighted by Crippen LogP contribution is -2.38. The van der Waals surface area contributed by atoms with Crippen LogP contribution in [0.5, 0.6) is 0 Å². The van der Waals surface area contributed by atoms with Gasteiger partial charge in [0.1, 0.15) is 5.60 Å².